The summed E-state index contributed by atoms with van der Waals surface area (Å²) in [5, 5.41) is 3.05. The second-order valence-electron chi connectivity index (χ2n) is 10.1. The summed E-state index contributed by atoms with van der Waals surface area (Å²) < 4.78 is 0. The Hall–Kier alpha value is -1.89. The van der Waals surface area contributed by atoms with E-state index in [0.717, 1.165) is 25.2 Å². The molecule has 13 nitrogen and oxygen atoms in total. The number of aryl methyl sites for hydroxylation is 2. The van der Waals surface area contributed by atoms with Gasteiger partial charge in [0, 0.05) is 187 Å². The van der Waals surface area contributed by atoms with Crippen LogP contribution in [-0.4, -0.2) is 90.1 Å². The van der Waals surface area contributed by atoms with Crippen LogP contribution in [0.3, 0.4) is 0 Å². The minimum Gasteiger partial charge on any atom is -0.388 e. The van der Waals surface area contributed by atoms with Crippen LogP contribution in [0.1, 0.15) is 167 Å². The molecule has 8 amide bonds. The molecule has 2 rings (SSSR count). The molecular weight excluding hydrogens is 1040 g/mol. The fraction of sp³-hybridized carbons (Fsp3) is 0.583. The molecule has 0 atom stereocenters. The van der Waals surface area contributed by atoms with E-state index in [1.807, 2.05) is 67.6 Å². The summed E-state index contributed by atoms with van der Waals surface area (Å²) in [6.07, 6.45) is 0. The van der Waals surface area contributed by atoms with Crippen molar-refractivity contribution in [3.8, 4) is 0 Å². The summed E-state index contributed by atoms with van der Waals surface area (Å²) >= 11 is 0. The molecule has 375 valence electrons. The van der Waals surface area contributed by atoms with Crippen LogP contribution in [0, 0.1) is 13.8 Å². The molecule has 0 saturated heterocycles. The number of hydrogen-bond acceptors (Lipinski definition) is 9. The predicted molar refractivity (Wildman–Crippen MR) is 271 cm³/mol. The third kappa shape index (κ3) is 66.7. The van der Waals surface area contributed by atoms with E-state index in [-0.39, 0.29) is 205 Å². The number of imide groups is 4. The maximum atomic E-state index is 11.2. The average molecular weight is 1140 g/mol. The summed E-state index contributed by atoms with van der Waals surface area (Å²) in [4.78, 5) is 88.4. The molecule has 0 fully saturated rings. The molecule has 64 heavy (non-hydrogen) atoms. The van der Waals surface area contributed by atoms with E-state index < -0.39 is 0 Å². The van der Waals surface area contributed by atoms with Gasteiger partial charge in [0.1, 0.15) is 0 Å². The first-order chi connectivity index (χ1) is 24.5. The number of carbonyl (C=O) groups excluding carboxylic acids is 8. The van der Waals surface area contributed by atoms with Gasteiger partial charge in [-0.25, -0.2) is 0 Å². The van der Waals surface area contributed by atoms with E-state index in [2.05, 4.69) is 36.5 Å². The number of carbonyl (C=O) groups is 8. The van der Waals surface area contributed by atoms with Gasteiger partial charge >= 0.3 is 0 Å². The second-order valence-corrected chi connectivity index (χ2v) is 10.1. The summed E-state index contributed by atoms with van der Waals surface area (Å²) in [6.45, 7) is 26.9. The van der Waals surface area contributed by atoms with Gasteiger partial charge in [-0.05, 0) is 38.1 Å². The zero-order valence-electron chi connectivity index (χ0n) is 37.9. The van der Waals surface area contributed by atoms with Gasteiger partial charge in [-0.15, -0.1) is 0 Å². The number of hydrogen-bond donors (Lipinski definition) is 1. The molecule has 0 spiro atoms. The van der Waals surface area contributed by atoms with Crippen LogP contribution in [0.25, 0.3) is 0 Å². The monoisotopic (exact) mass is 1140 g/mol. The van der Waals surface area contributed by atoms with Crippen molar-refractivity contribution in [3.05, 3.63) is 59.7 Å². The first-order valence-electron chi connectivity index (χ1n) is 17.4. The van der Waals surface area contributed by atoms with Crippen molar-refractivity contribution in [1.82, 2.24) is 14.7 Å². The number of rotatable bonds is 2. The van der Waals surface area contributed by atoms with Crippen LogP contribution < -0.4 is 10.2 Å². The maximum absolute atomic E-state index is 11.2. The molecule has 0 saturated carbocycles. The SMILES string of the molecule is C.C.C.C.C.C.C.C.CC.CC.CC.CC(=O)N(C(C)=O)c1ccc(C)cc1.CC(=O)N(C)C(C)=O.CC(=O)N(C)C(C)=O.CC(=O)N(C)C(C)=O.CNc1ccc(C)cc1.[Y].[Y].[Y]. The van der Waals surface area contributed by atoms with E-state index in [1.54, 1.807) is 12.1 Å². The Morgan fingerprint density at radius 2 is 0.531 bits per heavy atom. The normalized spacial score (nSPS) is 6.81. The molecule has 0 aliphatic carbocycles. The van der Waals surface area contributed by atoms with E-state index >= 15 is 0 Å². The summed E-state index contributed by atoms with van der Waals surface area (Å²) in [5.74, 6) is -1.87. The van der Waals surface area contributed by atoms with Gasteiger partial charge in [0.25, 0.3) is 0 Å². The Morgan fingerprint density at radius 3 is 0.656 bits per heavy atom. The molecule has 0 unspecified atom stereocenters. The van der Waals surface area contributed by atoms with E-state index in [1.165, 1.54) is 87.8 Å². The van der Waals surface area contributed by atoms with Crippen molar-refractivity contribution in [1.29, 1.82) is 0 Å². The van der Waals surface area contributed by atoms with Crippen LogP contribution in [-0.2, 0) is 136 Å². The Bertz CT molecular complexity index is 1250. The molecule has 1 N–H and O–H groups in total. The second kappa shape index (κ2) is 72.7. The zero-order chi connectivity index (χ0) is 43.6. The molecular formula is C48H101N5O8Y3. The number of amides is 8. The smallest absolute Gasteiger partial charge is 0.230 e. The molecule has 16 heteroatoms. The largest absolute Gasteiger partial charge is 0.388 e. The van der Waals surface area contributed by atoms with E-state index in [9.17, 15) is 38.4 Å². The van der Waals surface area contributed by atoms with Gasteiger partial charge in [0.2, 0.25) is 47.3 Å². The molecule has 0 aliphatic heterocycles. The van der Waals surface area contributed by atoms with Gasteiger partial charge in [-0.3, -0.25) is 58.0 Å². The van der Waals surface area contributed by atoms with Gasteiger partial charge in [0.05, 0.1) is 5.69 Å². The predicted octanol–water partition coefficient (Wildman–Crippen LogP) is 12.1. The Morgan fingerprint density at radius 1 is 0.359 bits per heavy atom. The van der Waals surface area contributed by atoms with E-state index in [4.69, 9.17) is 0 Å². The average Bonchev–Trinajstić information content (AvgIpc) is 3.11. The van der Waals surface area contributed by atoms with Crippen molar-refractivity contribution >= 4 is 58.6 Å². The van der Waals surface area contributed by atoms with Crippen LogP contribution in [0.5, 0.6) is 0 Å². The van der Waals surface area contributed by atoms with Crippen molar-refractivity contribution in [3.63, 3.8) is 0 Å². The maximum Gasteiger partial charge on any atom is 0.230 e. The molecule has 2 aromatic carbocycles. The Balaban J connectivity index is -0.0000000272. The number of benzene rings is 2. The van der Waals surface area contributed by atoms with Crippen LogP contribution >= 0.6 is 0 Å². The van der Waals surface area contributed by atoms with Gasteiger partial charge in [-0.2, -0.15) is 0 Å². The summed E-state index contributed by atoms with van der Waals surface area (Å²) in [5.41, 5.74) is 4.19. The van der Waals surface area contributed by atoms with Crippen molar-refractivity contribution in [2.45, 2.75) is 170 Å². The number of anilines is 2. The first-order valence-corrected chi connectivity index (χ1v) is 17.4. The van der Waals surface area contributed by atoms with Gasteiger partial charge in [0.15, 0.2) is 0 Å². The molecule has 0 aliphatic rings. The summed E-state index contributed by atoms with van der Waals surface area (Å²) in [7, 11) is 6.27. The molecule has 2 aromatic rings. The van der Waals surface area contributed by atoms with Crippen LogP contribution in [0.2, 0.25) is 0 Å². The van der Waals surface area contributed by atoms with Crippen molar-refractivity contribution in [2.75, 3.05) is 38.4 Å². The van der Waals surface area contributed by atoms with Crippen LogP contribution in [0.4, 0.5) is 11.4 Å². The third-order valence-electron chi connectivity index (χ3n) is 6.10. The third-order valence-corrected chi connectivity index (χ3v) is 6.10. The van der Waals surface area contributed by atoms with Gasteiger partial charge < -0.3 is 5.32 Å². The Labute approximate surface area is 473 Å². The minimum atomic E-state index is -0.263. The fourth-order valence-electron chi connectivity index (χ4n) is 2.66. The van der Waals surface area contributed by atoms with Crippen molar-refractivity contribution in [2.24, 2.45) is 0 Å². The quantitative estimate of drug-likeness (QED) is 0.308. The molecule has 0 aromatic heterocycles. The first kappa shape index (κ1) is 114. The molecule has 0 bridgehead atoms. The van der Waals surface area contributed by atoms with Gasteiger partial charge in [-0.1, -0.05) is 136 Å². The minimum absolute atomic E-state index is 0. The zero-order valence-corrected chi connectivity index (χ0v) is 46.4. The molecule has 0 heterocycles. The topological polar surface area (TPSA) is 162 Å². The van der Waals surface area contributed by atoms with Crippen LogP contribution in [0.15, 0.2) is 48.5 Å². The Kier molecular flexibility index (Phi) is 129. The van der Waals surface area contributed by atoms with Crippen molar-refractivity contribution < 1.29 is 136 Å². The molecule has 3 radical (unpaired) electrons. The number of nitrogens with one attached hydrogen (secondary N) is 1. The summed E-state index contributed by atoms with van der Waals surface area (Å²) in [6, 6.07) is 15.6. The standard InChI is InChI=1S/C11H13NO2.C8H11N.3C5H9NO2.3C2H6.8CH4.3Y/c1-8-4-6-11(7-5-8)12(9(2)13)10(3)14;1-7-3-5-8(9-2)6-4-7;3*1-4(7)6(3)5(2)8;3*1-2;;;;;;;;;;;/h4-7H,1-3H3;3-6,9H,1-2H3;3*1-3H3;3*1-2H3;8*1H4;;;. The van der Waals surface area contributed by atoms with E-state index in [0.29, 0.717) is 5.69 Å². The fourth-order valence-corrected chi connectivity index (χ4v) is 2.66. The number of nitrogens with zero attached hydrogens (tertiary/aromatic N) is 4.